The number of aromatic nitrogens is 1. The Labute approximate surface area is 207 Å². The Bertz CT molecular complexity index is 1050. The number of nitrogens with zero attached hydrogens (tertiary/aromatic N) is 2. The molecule has 4 heteroatoms. The molecule has 0 aromatic carbocycles. The van der Waals surface area contributed by atoms with Gasteiger partial charge in [-0.2, -0.15) is 0 Å². The van der Waals surface area contributed by atoms with E-state index < -0.39 is 0 Å². The first-order chi connectivity index (χ1) is 16.4. The maximum absolute atomic E-state index is 11.9. The summed E-state index contributed by atoms with van der Waals surface area (Å²) in [6, 6.07) is 0.242. The molecule has 0 bridgehead atoms. The van der Waals surface area contributed by atoms with E-state index in [0.717, 1.165) is 79.2 Å². The number of likely N-dealkylation sites (N-methyl/N-ethyl adjacent to an activating group) is 1. The standard InChI is InChI=1S/C28H39N3O.C2H6/c1-7-21-14-16-31(6)27(18-32)25(21)17-20(5)28-22(8-2)23(13-15-29-19(3)4)24-11-9-10-12-26(24)30-28;1-2/h7,11-12,17-19,27,29H,1,8-10,13-16H2,2-6H3;1-2H3/b20-17+;. The van der Waals surface area contributed by atoms with Crippen molar-refractivity contribution in [2.75, 3.05) is 20.1 Å². The molecule has 1 aliphatic heterocycles. The van der Waals surface area contributed by atoms with Gasteiger partial charge in [-0.3, -0.25) is 4.90 Å². The number of carbonyl (C=O) groups is 1. The van der Waals surface area contributed by atoms with Crippen molar-refractivity contribution >= 4 is 24.0 Å². The van der Waals surface area contributed by atoms with E-state index in [4.69, 9.17) is 4.98 Å². The van der Waals surface area contributed by atoms with Gasteiger partial charge in [-0.15, -0.1) is 0 Å². The summed E-state index contributed by atoms with van der Waals surface area (Å²) >= 11 is 0. The van der Waals surface area contributed by atoms with Gasteiger partial charge in [0.05, 0.1) is 17.1 Å². The van der Waals surface area contributed by atoms with Crippen molar-refractivity contribution in [2.24, 2.45) is 0 Å². The van der Waals surface area contributed by atoms with Crippen LogP contribution in [0.3, 0.4) is 0 Å². The van der Waals surface area contributed by atoms with Crippen molar-refractivity contribution in [2.45, 2.75) is 85.7 Å². The third-order valence-electron chi connectivity index (χ3n) is 6.64. The van der Waals surface area contributed by atoms with Crippen LogP contribution >= 0.6 is 0 Å². The lowest BCUT2D eigenvalue weighted by atomic mass is 9.89. The van der Waals surface area contributed by atoms with Crippen LogP contribution in [0.5, 0.6) is 0 Å². The van der Waals surface area contributed by atoms with Gasteiger partial charge in [-0.25, -0.2) is 4.98 Å². The molecule has 0 radical (unpaired) electrons. The molecule has 1 aliphatic carbocycles. The van der Waals surface area contributed by atoms with Crippen LogP contribution in [0.15, 0.2) is 29.9 Å². The molecule has 0 saturated heterocycles. The Morgan fingerprint density at radius 3 is 2.59 bits per heavy atom. The summed E-state index contributed by atoms with van der Waals surface area (Å²) in [5, 5.41) is 6.01. The van der Waals surface area contributed by atoms with Crippen molar-refractivity contribution in [1.82, 2.24) is 15.2 Å². The first kappa shape index (κ1) is 27.9. The molecule has 1 atom stereocenters. The average molecular weight is 464 g/mol. The molecule has 4 nitrogen and oxygen atoms in total. The average Bonchev–Trinajstić information content (AvgIpc) is 2.85. The molecule has 1 N–H and O–H groups in total. The normalized spacial score (nSPS) is 18.5. The fourth-order valence-electron chi connectivity index (χ4n) is 4.90. The van der Waals surface area contributed by atoms with E-state index in [9.17, 15) is 4.79 Å². The van der Waals surface area contributed by atoms with E-state index in [1.54, 1.807) is 0 Å². The molecule has 0 fully saturated rings. The largest absolute Gasteiger partial charge is 0.314 e. The molecule has 1 aromatic rings. The minimum Gasteiger partial charge on any atom is -0.314 e. The molecule has 186 valence electrons. The number of hydrogen-bond donors (Lipinski definition) is 1. The van der Waals surface area contributed by atoms with E-state index in [1.807, 2.05) is 27.0 Å². The van der Waals surface area contributed by atoms with Crippen molar-refractivity contribution in [3.8, 4) is 0 Å². The summed E-state index contributed by atoms with van der Waals surface area (Å²) in [7, 11) is 2.02. The highest BCUT2D eigenvalue weighted by Crippen LogP contribution is 2.28. The number of fused-ring (bicyclic) bond motifs is 1. The molecule has 1 aromatic heterocycles. The lowest BCUT2D eigenvalue weighted by molar-refractivity contribution is -0.111. The van der Waals surface area contributed by atoms with Gasteiger partial charge in [-0.1, -0.05) is 65.5 Å². The fourth-order valence-corrected chi connectivity index (χ4v) is 4.90. The summed E-state index contributed by atoms with van der Waals surface area (Å²) in [5.74, 6) is 0. The van der Waals surface area contributed by atoms with Crippen molar-refractivity contribution in [3.63, 3.8) is 0 Å². The molecule has 0 saturated carbocycles. The topological polar surface area (TPSA) is 45.2 Å². The Morgan fingerprint density at radius 1 is 1.26 bits per heavy atom. The number of hydrogen-bond acceptors (Lipinski definition) is 4. The van der Waals surface area contributed by atoms with Crippen LogP contribution in [0.2, 0.25) is 0 Å². The van der Waals surface area contributed by atoms with E-state index in [1.165, 1.54) is 16.3 Å². The summed E-state index contributed by atoms with van der Waals surface area (Å²) < 4.78 is 0. The van der Waals surface area contributed by atoms with Gasteiger partial charge in [0, 0.05) is 12.6 Å². The number of nitrogens with one attached hydrogen (secondary N) is 1. The Kier molecular flexibility index (Phi) is 11.1. The van der Waals surface area contributed by atoms with E-state index in [2.05, 4.69) is 62.7 Å². The molecule has 2 heterocycles. The molecule has 34 heavy (non-hydrogen) atoms. The zero-order chi connectivity index (χ0) is 25.3. The van der Waals surface area contributed by atoms with Gasteiger partial charge in [0.15, 0.2) is 0 Å². The summed E-state index contributed by atoms with van der Waals surface area (Å²) in [4.78, 5) is 19.2. The van der Waals surface area contributed by atoms with Gasteiger partial charge in [0.1, 0.15) is 6.29 Å². The zero-order valence-electron chi connectivity index (χ0n) is 22.5. The van der Waals surface area contributed by atoms with Crippen LogP contribution in [0.25, 0.3) is 17.7 Å². The molecule has 2 aliphatic rings. The number of allylic oxidation sites excluding steroid dienone is 2. The first-order valence-corrected chi connectivity index (χ1v) is 13.1. The minimum atomic E-state index is -0.232. The minimum absolute atomic E-state index is 0.232. The summed E-state index contributed by atoms with van der Waals surface area (Å²) in [6.45, 7) is 18.6. The smallest absolute Gasteiger partial charge is 0.141 e. The summed E-state index contributed by atoms with van der Waals surface area (Å²) in [6.07, 6.45) is 14.8. The van der Waals surface area contributed by atoms with Gasteiger partial charge in [0.25, 0.3) is 0 Å². The number of carbonyl (C=O) groups excluding carboxylic acids is 1. The predicted octanol–water partition coefficient (Wildman–Crippen LogP) is 4.35. The molecule has 0 amide bonds. The number of rotatable bonds is 9. The van der Waals surface area contributed by atoms with Gasteiger partial charge >= 0.3 is 0 Å². The second kappa shape index (κ2) is 13.6. The lowest BCUT2D eigenvalue weighted by Crippen LogP contribution is -2.39. The zero-order valence-corrected chi connectivity index (χ0v) is 22.5. The van der Waals surface area contributed by atoms with Crippen LogP contribution in [0, 0.1) is 0 Å². The monoisotopic (exact) mass is 463 g/mol. The Hall–Kier alpha value is -2.30. The summed E-state index contributed by atoms with van der Waals surface area (Å²) in [5.41, 5.74) is 7.18. The third-order valence-corrected chi connectivity index (χ3v) is 6.64. The first-order valence-electron chi connectivity index (χ1n) is 13.1. The van der Waals surface area contributed by atoms with Gasteiger partial charge in [0.2, 0.25) is 0 Å². The Morgan fingerprint density at radius 2 is 1.97 bits per heavy atom. The van der Waals surface area contributed by atoms with Crippen LogP contribution in [0.4, 0.5) is 0 Å². The molecule has 0 spiro atoms. The number of pyridine rings is 1. The quantitative estimate of drug-likeness (QED) is 0.553. The fraction of sp³-hybridized carbons (Fsp3) is 0.533. The molecule has 3 rings (SSSR count). The van der Waals surface area contributed by atoms with E-state index >= 15 is 0 Å². The highest BCUT2D eigenvalue weighted by molar-refractivity contribution is 5.74. The Balaban J connectivity index is 0.00000199. The number of aldehydes is 1. The molecular formula is C30H45N3O. The van der Waals surface area contributed by atoms with Crippen molar-refractivity contribution in [3.05, 3.63) is 57.3 Å². The van der Waals surface area contributed by atoms with Gasteiger partial charge in [-0.05, 0) is 85.7 Å². The highest BCUT2D eigenvalue weighted by atomic mass is 16.1. The van der Waals surface area contributed by atoms with E-state index in [-0.39, 0.29) is 6.04 Å². The molecular weight excluding hydrogens is 418 g/mol. The van der Waals surface area contributed by atoms with Gasteiger partial charge < -0.3 is 10.1 Å². The highest BCUT2D eigenvalue weighted by Gasteiger charge is 2.25. The van der Waals surface area contributed by atoms with Crippen LogP contribution < -0.4 is 15.9 Å². The second-order valence-corrected chi connectivity index (χ2v) is 9.24. The van der Waals surface area contributed by atoms with Crippen molar-refractivity contribution in [1.29, 1.82) is 0 Å². The molecule has 1 unspecified atom stereocenters. The van der Waals surface area contributed by atoms with E-state index in [0.29, 0.717) is 6.04 Å². The second-order valence-electron chi connectivity index (χ2n) is 9.24. The SMILES string of the molecule is C=CC1=C(/C=C(\C)c2nc3c(c(CCNC(C)C)c2CC)=CCCC=3)C(C=O)N(C)CC1.CC. The van der Waals surface area contributed by atoms with Crippen LogP contribution in [-0.4, -0.2) is 48.4 Å². The van der Waals surface area contributed by atoms with Crippen LogP contribution in [-0.2, 0) is 17.6 Å². The van der Waals surface area contributed by atoms with Crippen LogP contribution in [0.1, 0.15) is 77.6 Å². The lowest BCUT2D eigenvalue weighted by Gasteiger charge is -2.31. The van der Waals surface area contributed by atoms with Crippen molar-refractivity contribution < 1.29 is 4.79 Å². The predicted molar refractivity (Wildman–Crippen MR) is 147 cm³/mol. The maximum Gasteiger partial charge on any atom is 0.141 e. The third kappa shape index (κ3) is 6.43. The maximum atomic E-state index is 11.9.